The van der Waals surface area contributed by atoms with Crippen LogP contribution in [0.15, 0.2) is 57.9 Å². The number of rotatable bonds is 9. The van der Waals surface area contributed by atoms with E-state index in [0.717, 1.165) is 12.0 Å². The molecule has 0 bridgehead atoms. The number of carbonyl (C=O) groups is 1. The van der Waals surface area contributed by atoms with E-state index >= 15 is 0 Å². The van der Waals surface area contributed by atoms with E-state index in [1.807, 2.05) is 24.3 Å². The summed E-state index contributed by atoms with van der Waals surface area (Å²) in [4.78, 5) is 16.7. The number of benzene rings is 2. The molecule has 2 heterocycles. The number of aryl methyl sites for hydroxylation is 2. The Morgan fingerprint density at radius 3 is 2.59 bits per heavy atom. The van der Waals surface area contributed by atoms with Gasteiger partial charge in [-0.3, -0.25) is 4.79 Å². The highest BCUT2D eigenvalue weighted by Gasteiger charge is 2.26. The van der Waals surface area contributed by atoms with Crippen molar-refractivity contribution >= 4 is 16.0 Å². The molecule has 1 saturated heterocycles. The Balaban J connectivity index is 1.29. The normalized spacial score (nSPS) is 14.7. The highest BCUT2D eigenvalue weighted by Crippen LogP contribution is 2.20. The van der Waals surface area contributed by atoms with Crippen LogP contribution >= 0.6 is 0 Å². The Bertz CT molecular complexity index is 1220. The number of hydrogen-bond acceptors (Lipinski definition) is 8. The van der Waals surface area contributed by atoms with Crippen molar-refractivity contribution in [3.05, 3.63) is 65.5 Å². The Hall–Kier alpha value is -3.08. The van der Waals surface area contributed by atoms with E-state index in [0.29, 0.717) is 43.6 Å². The van der Waals surface area contributed by atoms with Gasteiger partial charge in [-0.25, -0.2) is 8.42 Å². The average molecular weight is 486 g/mol. The van der Waals surface area contributed by atoms with Crippen molar-refractivity contribution in [3.8, 4) is 11.4 Å². The first kappa shape index (κ1) is 24.1. The van der Waals surface area contributed by atoms with Gasteiger partial charge < -0.3 is 14.0 Å². The van der Waals surface area contributed by atoms with Gasteiger partial charge in [0.2, 0.25) is 21.7 Å². The molecule has 0 spiro atoms. The third kappa shape index (κ3) is 5.88. The lowest BCUT2D eigenvalue weighted by Crippen LogP contribution is -2.40. The molecule has 0 saturated carbocycles. The van der Waals surface area contributed by atoms with Gasteiger partial charge in [0.1, 0.15) is 6.61 Å². The van der Waals surface area contributed by atoms with Crippen LogP contribution in [0.1, 0.15) is 30.4 Å². The van der Waals surface area contributed by atoms with Crippen molar-refractivity contribution in [2.75, 3.05) is 26.3 Å². The lowest BCUT2D eigenvalue weighted by Gasteiger charge is -2.26. The summed E-state index contributed by atoms with van der Waals surface area (Å²) in [6.45, 7) is 3.47. The number of carbonyl (C=O) groups excluding carboxylic acids is 1. The van der Waals surface area contributed by atoms with Gasteiger partial charge in [-0.2, -0.15) is 9.29 Å². The van der Waals surface area contributed by atoms with Crippen LogP contribution < -0.4 is 0 Å². The third-order valence-electron chi connectivity index (χ3n) is 5.54. The largest absolute Gasteiger partial charge is 0.461 e. The first-order valence-electron chi connectivity index (χ1n) is 11.2. The summed E-state index contributed by atoms with van der Waals surface area (Å²) in [6.07, 6.45) is 1.28. The molecular weight excluding hydrogens is 458 g/mol. The predicted octanol–water partition coefficient (Wildman–Crippen LogP) is 3.00. The molecule has 0 amide bonds. The molecule has 0 radical (unpaired) electrons. The van der Waals surface area contributed by atoms with Gasteiger partial charge in [0.05, 0.1) is 24.5 Å². The van der Waals surface area contributed by atoms with Gasteiger partial charge in [0.15, 0.2) is 0 Å². The Labute approximate surface area is 198 Å². The molecule has 34 heavy (non-hydrogen) atoms. The predicted molar refractivity (Wildman–Crippen MR) is 123 cm³/mol. The van der Waals surface area contributed by atoms with Crippen LogP contribution in [0.2, 0.25) is 0 Å². The SMILES string of the molecule is CCc1ccc(-c2noc(CCC(=O)OCc3cccc(S(=O)(=O)N4CCOCC4)c3)n2)cc1. The number of aromatic nitrogens is 2. The van der Waals surface area contributed by atoms with Crippen LogP contribution in [0.25, 0.3) is 11.4 Å². The standard InChI is InChI=1S/C24H27N3O6S/c1-2-18-6-8-20(9-7-18)24-25-22(33-26-24)10-11-23(28)32-17-19-4-3-5-21(16-19)34(29,30)27-12-14-31-15-13-27/h3-9,16H,2,10-15,17H2,1H3. The zero-order chi connectivity index (χ0) is 24.0. The maximum atomic E-state index is 12.8. The van der Waals surface area contributed by atoms with E-state index in [1.54, 1.807) is 18.2 Å². The highest BCUT2D eigenvalue weighted by molar-refractivity contribution is 7.89. The summed E-state index contributed by atoms with van der Waals surface area (Å²) in [5.74, 6) is 0.392. The fourth-order valence-corrected chi connectivity index (χ4v) is 5.02. The highest BCUT2D eigenvalue weighted by atomic mass is 32.2. The molecule has 1 aliphatic heterocycles. The average Bonchev–Trinajstić information content (AvgIpc) is 3.36. The summed E-state index contributed by atoms with van der Waals surface area (Å²) in [6, 6.07) is 14.4. The molecule has 0 N–H and O–H groups in total. The topological polar surface area (TPSA) is 112 Å². The molecule has 2 aromatic carbocycles. The molecule has 1 aromatic heterocycles. The molecular formula is C24H27N3O6S. The van der Waals surface area contributed by atoms with E-state index < -0.39 is 16.0 Å². The summed E-state index contributed by atoms with van der Waals surface area (Å²) in [7, 11) is -3.61. The maximum Gasteiger partial charge on any atom is 0.306 e. The van der Waals surface area contributed by atoms with Crippen molar-refractivity contribution in [3.63, 3.8) is 0 Å². The van der Waals surface area contributed by atoms with E-state index in [9.17, 15) is 13.2 Å². The second-order valence-corrected chi connectivity index (χ2v) is 9.82. The zero-order valence-electron chi connectivity index (χ0n) is 19.0. The summed E-state index contributed by atoms with van der Waals surface area (Å²) >= 11 is 0. The number of morpholine rings is 1. The minimum atomic E-state index is -3.61. The van der Waals surface area contributed by atoms with Crippen molar-refractivity contribution in [2.45, 2.75) is 37.7 Å². The van der Waals surface area contributed by atoms with Crippen molar-refractivity contribution in [2.24, 2.45) is 0 Å². The van der Waals surface area contributed by atoms with Crippen LogP contribution in [0, 0.1) is 0 Å². The second kappa shape index (κ2) is 10.9. The van der Waals surface area contributed by atoms with Crippen LogP contribution in [-0.2, 0) is 43.7 Å². The van der Waals surface area contributed by atoms with Gasteiger partial charge >= 0.3 is 5.97 Å². The fourth-order valence-electron chi connectivity index (χ4n) is 3.54. The molecule has 9 nitrogen and oxygen atoms in total. The molecule has 4 rings (SSSR count). The minimum absolute atomic E-state index is 0.0236. The van der Waals surface area contributed by atoms with Crippen LogP contribution in [-0.4, -0.2) is 55.1 Å². The lowest BCUT2D eigenvalue weighted by molar-refractivity contribution is -0.145. The molecule has 3 aromatic rings. The number of nitrogens with zero attached hydrogens (tertiary/aromatic N) is 3. The fraction of sp³-hybridized carbons (Fsp3) is 0.375. The Morgan fingerprint density at radius 1 is 1.09 bits per heavy atom. The Morgan fingerprint density at radius 2 is 1.85 bits per heavy atom. The number of ether oxygens (including phenoxy) is 2. The second-order valence-electron chi connectivity index (χ2n) is 7.89. The lowest BCUT2D eigenvalue weighted by atomic mass is 10.1. The molecule has 1 aliphatic rings. The molecule has 10 heteroatoms. The van der Waals surface area contributed by atoms with Crippen molar-refractivity contribution < 1.29 is 27.2 Å². The number of hydrogen-bond donors (Lipinski definition) is 0. The summed E-state index contributed by atoms with van der Waals surface area (Å²) in [5.41, 5.74) is 2.67. The van der Waals surface area contributed by atoms with Crippen LogP contribution in [0.3, 0.4) is 0 Å². The third-order valence-corrected chi connectivity index (χ3v) is 7.43. The van der Waals surface area contributed by atoms with Crippen LogP contribution in [0.4, 0.5) is 0 Å². The maximum absolute atomic E-state index is 12.8. The number of sulfonamides is 1. The van der Waals surface area contributed by atoms with E-state index in [-0.39, 0.29) is 24.3 Å². The monoisotopic (exact) mass is 485 g/mol. The Kier molecular flexibility index (Phi) is 7.71. The summed E-state index contributed by atoms with van der Waals surface area (Å²) in [5, 5.41) is 3.98. The van der Waals surface area contributed by atoms with Crippen molar-refractivity contribution in [1.82, 2.24) is 14.4 Å². The first-order valence-corrected chi connectivity index (χ1v) is 12.6. The van der Waals surface area contributed by atoms with Crippen molar-refractivity contribution in [1.29, 1.82) is 0 Å². The molecule has 0 atom stereocenters. The first-order chi connectivity index (χ1) is 16.5. The van der Waals surface area contributed by atoms with E-state index in [1.165, 1.54) is 15.9 Å². The smallest absolute Gasteiger partial charge is 0.306 e. The quantitative estimate of drug-likeness (QED) is 0.425. The van der Waals surface area contributed by atoms with Gasteiger partial charge in [0.25, 0.3) is 0 Å². The van der Waals surface area contributed by atoms with Crippen LogP contribution in [0.5, 0.6) is 0 Å². The van der Waals surface area contributed by atoms with Gasteiger partial charge in [0, 0.05) is 25.1 Å². The number of esters is 1. The minimum Gasteiger partial charge on any atom is -0.461 e. The van der Waals surface area contributed by atoms with E-state index in [2.05, 4.69) is 17.1 Å². The van der Waals surface area contributed by atoms with Gasteiger partial charge in [-0.15, -0.1) is 0 Å². The van der Waals surface area contributed by atoms with Gasteiger partial charge in [-0.1, -0.05) is 48.5 Å². The zero-order valence-corrected chi connectivity index (χ0v) is 19.8. The molecule has 0 aliphatic carbocycles. The molecule has 1 fully saturated rings. The summed E-state index contributed by atoms with van der Waals surface area (Å²) < 4.78 is 42.8. The van der Waals surface area contributed by atoms with Gasteiger partial charge in [-0.05, 0) is 29.7 Å². The molecule has 180 valence electrons. The molecule has 0 unspecified atom stereocenters. The van der Waals surface area contributed by atoms with E-state index in [4.69, 9.17) is 14.0 Å².